The summed E-state index contributed by atoms with van der Waals surface area (Å²) in [7, 11) is 1.38. The Morgan fingerprint density at radius 2 is 2.00 bits per heavy atom. The number of nitro groups is 1. The third-order valence-corrected chi connectivity index (χ3v) is 4.36. The van der Waals surface area contributed by atoms with Crippen LogP contribution in [0.4, 0.5) is 17.3 Å². The maximum absolute atomic E-state index is 11.6. The van der Waals surface area contributed by atoms with Crippen molar-refractivity contribution in [3.8, 4) is 0 Å². The fraction of sp³-hybridized carbons (Fsp3) is 0.667. The van der Waals surface area contributed by atoms with E-state index in [9.17, 15) is 14.9 Å². The standard InChI is InChI=1S/C15H23N5O4/c1-4-18(5-2)13-12(20(22)23)14(17-10-16-13)19-8-6-11(7-9-19)15(21)24-3/h10-11H,4-9H2,1-3H3. The van der Waals surface area contributed by atoms with Crippen molar-refractivity contribution < 1.29 is 14.5 Å². The molecule has 0 amide bonds. The van der Waals surface area contributed by atoms with Gasteiger partial charge in [0.1, 0.15) is 6.33 Å². The van der Waals surface area contributed by atoms with Gasteiger partial charge in [0.05, 0.1) is 18.0 Å². The van der Waals surface area contributed by atoms with Crippen LogP contribution in [0.1, 0.15) is 26.7 Å². The zero-order valence-corrected chi connectivity index (χ0v) is 14.3. The van der Waals surface area contributed by atoms with E-state index in [0.717, 1.165) is 0 Å². The molecule has 1 aromatic rings. The minimum Gasteiger partial charge on any atom is -0.469 e. The van der Waals surface area contributed by atoms with Crippen LogP contribution in [0.2, 0.25) is 0 Å². The average Bonchev–Trinajstić information content (AvgIpc) is 2.61. The first kappa shape index (κ1) is 17.9. The van der Waals surface area contributed by atoms with Crippen LogP contribution in [0.3, 0.4) is 0 Å². The number of hydrogen-bond acceptors (Lipinski definition) is 8. The first-order valence-electron chi connectivity index (χ1n) is 8.10. The zero-order valence-electron chi connectivity index (χ0n) is 14.3. The molecule has 9 nitrogen and oxygen atoms in total. The molecule has 1 aliphatic heterocycles. The molecule has 0 aromatic carbocycles. The van der Waals surface area contributed by atoms with Gasteiger partial charge in [-0.25, -0.2) is 9.97 Å². The number of rotatable bonds is 6. The van der Waals surface area contributed by atoms with Crippen LogP contribution >= 0.6 is 0 Å². The van der Waals surface area contributed by atoms with Crippen molar-refractivity contribution in [2.24, 2.45) is 5.92 Å². The van der Waals surface area contributed by atoms with Gasteiger partial charge in [0.25, 0.3) is 0 Å². The highest BCUT2D eigenvalue weighted by Gasteiger charge is 2.33. The number of carbonyl (C=O) groups excluding carboxylic acids is 1. The Balaban J connectivity index is 2.29. The number of carbonyl (C=O) groups is 1. The van der Waals surface area contributed by atoms with E-state index >= 15 is 0 Å². The topological polar surface area (TPSA) is 102 Å². The molecule has 2 rings (SSSR count). The van der Waals surface area contributed by atoms with Gasteiger partial charge in [-0.2, -0.15) is 0 Å². The number of anilines is 2. The van der Waals surface area contributed by atoms with Crippen LogP contribution < -0.4 is 9.80 Å². The molecule has 1 aliphatic rings. The predicted molar refractivity (Wildman–Crippen MR) is 89.2 cm³/mol. The number of piperidine rings is 1. The van der Waals surface area contributed by atoms with E-state index in [-0.39, 0.29) is 17.6 Å². The molecule has 0 aliphatic carbocycles. The van der Waals surface area contributed by atoms with Crippen LogP contribution in [0, 0.1) is 16.0 Å². The molecule has 2 heterocycles. The molecule has 0 radical (unpaired) electrons. The van der Waals surface area contributed by atoms with Crippen LogP contribution in [0.25, 0.3) is 0 Å². The minimum atomic E-state index is -0.421. The van der Waals surface area contributed by atoms with Gasteiger partial charge in [-0.15, -0.1) is 0 Å². The van der Waals surface area contributed by atoms with Crippen LogP contribution in [0.15, 0.2) is 6.33 Å². The normalized spacial score (nSPS) is 15.2. The second kappa shape index (κ2) is 7.89. The summed E-state index contributed by atoms with van der Waals surface area (Å²) in [5.74, 6) is 0.273. The maximum atomic E-state index is 11.6. The van der Waals surface area contributed by atoms with Gasteiger partial charge >= 0.3 is 11.7 Å². The van der Waals surface area contributed by atoms with Crippen LogP contribution in [-0.4, -0.2) is 54.1 Å². The van der Waals surface area contributed by atoms with E-state index in [0.29, 0.717) is 50.7 Å². The summed E-state index contributed by atoms with van der Waals surface area (Å²) in [4.78, 5) is 34.8. The van der Waals surface area contributed by atoms with E-state index in [2.05, 4.69) is 9.97 Å². The quantitative estimate of drug-likeness (QED) is 0.438. The molecule has 0 atom stereocenters. The van der Waals surface area contributed by atoms with E-state index < -0.39 is 4.92 Å². The maximum Gasteiger partial charge on any atom is 0.353 e. The Hall–Kier alpha value is -2.45. The van der Waals surface area contributed by atoms with E-state index in [1.165, 1.54) is 13.4 Å². The van der Waals surface area contributed by atoms with Gasteiger partial charge in [0.2, 0.25) is 11.6 Å². The third kappa shape index (κ3) is 3.55. The molecular weight excluding hydrogens is 314 g/mol. The average molecular weight is 337 g/mol. The SMILES string of the molecule is CCN(CC)c1ncnc(N2CCC(C(=O)OC)CC2)c1[N+](=O)[O-]. The lowest BCUT2D eigenvalue weighted by molar-refractivity contribution is -0.383. The second-order valence-corrected chi connectivity index (χ2v) is 5.58. The fourth-order valence-electron chi connectivity index (χ4n) is 3.00. The van der Waals surface area contributed by atoms with E-state index in [1.54, 1.807) is 0 Å². The fourth-order valence-corrected chi connectivity index (χ4v) is 3.00. The summed E-state index contributed by atoms with van der Waals surface area (Å²) in [6, 6.07) is 0. The molecule has 0 spiro atoms. The molecule has 0 bridgehead atoms. The number of hydrogen-bond donors (Lipinski definition) is 0. The highest BCUT2D eigenvalue weighted by molar-refractivity contribution is 5.74. The summed E-state index contributed by atoms with van der Waals surface area (Å²) in [6.45, 7) is 6.15. The highest BCUT2D eigenvalue weighted by atomic mass is 16.6. The van der Waals surface area contributed by atoms with E-state index in [1.807, 2.05) is 23.6 Å². The number of aromatic nitrogens is 2. The lowest BCUT2D eigenvalue weighted by Crippen LogP contribution is -2.38. The Kier molecular flexibility index (Phi) is 5.88. The van der Waals surface area contributed by atoms with Gasteiger partial charge in [-0.3, -0.25) is 14.9 Å². The smallest absolute Gasteiger partial charge is 0.353 e. The number of esters is 1. The largest absolute Gasteiger partial charge is 0.469 e. The van der Waals surface area contributed by atoms with Gasteiger partial charge < -0.3 is 14.5 Å². The second-order valence-electron chi connectivity index (χ2n) is 5.58. The molecule has 132 valence electrons. The van der Waals surface area contributed by atoms with Crippen LogP contribution in [-0.2, 0) is 9.53 Å². The molecule has 24 heavy (non-hydrogen) atoms. The van der Waals surface area contributed by atoms with Gasteiger partial charge in [-0.1, -0.05) is 0 Å². The van der Waals surface area contributed by atoms with Gasteiger partial charge in [0, 0.05) is 26.2 Å². The number of ether oxygens (including phenoxy) is 1. The van der Waals surface area contributed by atoms with Crippen LogP contribution in [0.5, 0.6) is 0 Å². The summed E-state index contributed by atoms with van der Waals surface area (Å²) < 4.78 is 4.77. The highest BCUT2D eigenvalue weighted by Crippen LogP contribution is 2.35. The van der Waals surface area contributed by atoms with E-state index in [4.69, 9.17) is 4.74 Å². The Morgan fingerprint density at radius 1 is 1.38 bits per heavy atom. The van der Waals surface area contributed by atoms with Gasteiger partial charge in [-0.05, 0) is 26.7 Å². The lowest BCUT2D eigenvalue weighted by atomic mass is 9.97. The van der Waals surface area contributed by atoms with Crippen molar-refractivity contribution in [3.05, 3.63) is 16.4 Å². The first-order chi connectivity index (χ1) is 11.5. The molecule has 1 aromatic heterocycles. The monoisotopic (exact) mass is 337 g/mol. The number of nitrogens with zero attached hydrogens (tertiary/aromatic N) is 5. The summed E-state index contributed by atoms with van der Waals surface area (Å²) in [6.07, 6.45) is 2.55. The molecule has 9 heteroatoms. The summed E-state index contributed by atoms with van der Waals surface area (Å²) in [5.41, 5.74) is -0.0716. The molecule has 1 fully saturated rings. The Bertz CT molecular complexity index is 598. The Morgan fingerprint density at radius 3 is 2.50 bits per heavy atom. The summed E-state index contributed by atoms with van der Waals surface area (Å²) in [5, 5.41) is 11.6. The van der Waals surface area contributed by atoms with Gasteiger partial charge in [0.15, 0.2) is 0 Å². The molecule has 1 saturated heterocycles. The molecule has 0 N–H and O–H groups in total. The van der Waals surface area contributed by atoms with Crippen molar-refractivity contribution in [2.75, 3.05) is 43.1 Å². The minimum absolute atomic E-state index is 0.0716. The predicted octanol–water partition coefficient (Wildman–Crippen LogP) is 1.62. The van der Waals surface area contributed by atoms with Crippen molar-refractivity contribution in [3.63, 3.8) is 0 Å². The van der Waals surface area contributed by atoms with Crippen molar-refractivity contribution in [1.29, 1.82) is 0 Å². The zero-order chi connectivity index (χ0) is 17.7. The molecule has 0 unspecified atom stereocenters. The molecule has 0 saturated carbocycles. The van der Waals surface area contributed by atoms with Crippen molar-refractivity contribution in [1.82, 2.24) is 9.97 Å². The first-order valence-corrected chi connectivity index (χ1v) is 8.10. The third-order valence-electron chi connectivity index (χ3n) is 4.36. The van der Waals surface area contributed by atoms with Crippen molar-refractivity contribution in [2.45, 2.75) is 26.7 Å². The summed E-state index contributed by atoms with van der Waals surface area (Å²) >= 11 is 0. The lowest BCUT2D eigenvalue weighted by Gasteiger charge is -2.31. The van der Waals surface area contributed by atoms with Crippen molar-refractivity contribution >= 4 is 23.3 Å². The number of methoxy groups -OCH3 is 1. The Labute approximate surface area is 140 Å². The molecular formula is C15H23N5O4.